The number of hydrogen-bond donors (Lipinski definition) is 1. The first-order valence-corrected chi connectivity index (χ1v) is 5.69. The first-order valence-electron chi connectivity index (χ1n) is 4.96. The van der Waals surface area contributed by atoms with Crippen LogP contribution in [0.4, 0.5) is 4.39 Å². The summed E-state index contributed by atoms with van der Waals surface area (Å²) in [6.07, 6.45) is 1.62. The van der Waals surface area contributed by atoms with Crippen molar-refractivity contribution in [2.24, 2.45) is 0 Å². The van der Waals surface area contributed by atoms with Crippen LogP contribution in [0.3, 0.4) is 0 Å². The molecule has 0 saturated heterocycles. The van der Waals surface area contributed by atoms with Crippen molar-refractivity contribution in [1.29, 1.82) is 0 Å². The molecule has 0 bridgehead atoms. The molecular weight excluding hydrogens is 245 g/mol. The zero-order chi connectivity index (χ0) is 12.3. The maximum absolute atomic E-state index is 13.9. The Hall–Kier alpha value is -1.60. The molecule has 1 unspecified atom stereocenters. The van der Waals surface area contributed by atoms with Gasteiger partial charge < -0.3 is 9.84 Å². The second-order valence-corrected chi connectivity index (χ2v) is 3.74. The van der Waals surface area contributed by atoms with Crippen LogP contribution in [0.2, 0.25) is 0 Å². The molecule has 2 heterocycles. The minimum atomic E-state index is -1.16. The highest BCUT2D eigenvalue weighted by molar-refractivity contribution is 6.99. The highest BCUT2D eigenvalue weighted by atomic mass is 32.1. The van der Waals surface area contributed by atoms with Crippen LogP contribution in [-0.4, -0.2) is 25.4 Å². The van der Waals surface area contributed by atoms with Crippen molar-refractivity contribution < 1.29 is 14.2 Å². The Labute approximate surface area is 101 Å². The minimum Gasteiger partial charge on any atom is -0.476 e. The number of aliphatic hydroxyl groups excluding tert-OH is 1. The Morgan fingerprint density at radius 3 is 3.06 bits per heavy atom. The van der Waals surface area contributed by atoms with E-state index >= 15 is 0 Å². The third-order valence-corrected chi connectivity index (χ3v) is 2.61. The Bertz CT molecular complexity index is 492. The number of hydrogen-bond acceptors (Lipinski definition) is 6. The van der Waals surface area contributed by atoms with Crippen LogP contribution in [0.25, 0.3) is 0 Å². The number of rotatable bonds is 4. The van der Waals surface area contributed by atoms with E-state index in [9.17, 15) is 9.50 Å². The summed E-state index contributed by atoms with van der Waals surface area (Å²) in [7, 11) is 0. The predicted octanol–water partition coefficient (Wildman–Crippen LogP) is 1.55. The minimum absolute atomic E-state index is 0.0798. The van der Waals surface area contributed by atoms with E-state index in [1.54, 1.807) is 6.92 Å². The lowest BCUT2D eigenvalue weighted by Gasteiger charge is -2.11. The molecule has 5 nitrogen and oxygen atoms in total. The molecule has 90 valence electrons. The second-order valence-electron chi connectivity index (χ2n) is 3.19. The normalized spacial score (nSPS) is 12.4. The van der Waals surface area contributed by atoms with E-state index in [1.165, 1.54) is 18.5 Å². The fourth-order valence-electron chi connectivity index (χ4n) is 1.34. The van der Waals surface area contributed by atoms with Gasteiger partial charge in [-0.05, 0) is 13.0 Å². The monoisotopic (exact) mass is 255 g/mol. The van der Waals surface area contributed by atoms with Crippen molar-refractivity contribution in [3.05, 3.63) is 35.5 Å². The lowest BCUT2D eigenvalue weighted by molar-refractivity contribution is 0.207. The first kappa shape index (κ1) is 11.9. The van der Waals surface area contributed by atoms with Gasteiger partial charge in [0.25, 0.3) is 5.88 Å². The summed E-state index contributed by atoms with van der Waals surface area (Å²) in [5, 5.41) is 9.94. The van der Waals surface area contributed by atoms with E-state index in [0.717, 1.165) is 11.7 Å². The Morgan fingerprint density at radius 2 is 2.41 bits per heavy atom. The summed E-state index contributed by atoms with van der Waals surface area (Å²) in [5.41, 5.74) is 0.388. The summed E-state index contributed by atoms with van der Waals surface area (Å²) in [6.45, 7) is 2.04. The highest BCUT2D eigenvalue weighted by Crippen LogP contribution is 2.26. The molecule has 0 aliphatic rings. The quantitative estimate of drug-likeness (QED) is 0.897. The van der Waals surface area contributed by atoms with Gasteiger partial charge in [-0.25, -0.2) is 9.37 Å². The van der Waals surface area contributed by atoms with Crippen molar-refractivity contribution in [2.75, 3.05) is 6.61 Å². The van der Waals surface area contributed by atoms with Crippen molar-refractivity contribution in [2.45, 2.75) is 13.0 Å². The molecule has 0 saturated carbocycles. The standard InChI is InChI=1S/C10H10FN3O2S/c1-2-16-10-8(11)6(3-4-12-10)9(15)7-5-13-17-14-7/h3-5,9,15H,2H2,1H3. The van der Waals surface area contributed by atoms with E-state index < -0.39 is 11.9 Å². The largest absolute Gasteiger partial charge is 0.476 e. The number of ether oxygens (including phenoxy) is 1. The molecule has 2 aromatic rings. The van der Waals surface area contributed by atoms with Gasteiger partial charge in [0.05, 0.1) is 24.5 Å². The number of aromatic nitrogens is 3. The molecule has 0 radical (unpaired) electrons. The average Bonchev–Trinajstić information content (AvgIpc) is 2.85. The zero-order valence-electron chi connectivity index (χ0n) is 9.00. The predicted molar refractivity (Wildman–Crippen MR) is 59.3 cm³/mol. The number of halogens is 1. The molecule has 2 rings (SSSR count). The number of aliphatic hydroxyl groups is 1. The molecule has 7 heteroatoms. The van der Waals surface area contributed by atoms with E-state index in [2.05, 4.69) is 13.7 Å². The van der Waals surface area contributed by atoms with Gasteiger partial charge in [-0.2, -0.15) is 8.75 Å². The third kappa shape index (κ3) is 2.40. The molecule has 1 N–H and O–H groups in total. The molecule has 0 aliphatic carbocycles. The van der Waals surface area contributed by atoms with E-state index in [1.807, 2.05) is 0 Å². The summed E-state index contributed by atoms with van der Waals surface area (Å²) in [5.74, 6) is -0.790. The highest BCUT2D eigenvalue weighted by Gasteiger charge is 2.20. The zero-order valence-corrected chi connectivity index (χ0v) is 9.82. The van der Waals surface area contributed by atoms with E-state index in [4.69, 9.17) is 4.74 Å². The number of pyridine rings is 1. The lowest BCUT2D eigenvalue weighted by atomic mass is 10.1. The van der Waals surface area contributed by atoms with Crippen LogP contribution < -0.4 is 4.74 Å². The van der Waals surface area contributed by atoms with Crippen LogP contribution in [0.15, 0.2) is 18.5 Å². The van der Waals surface area contributed by atoms with Gasteiger partial charge in [0, 0.05) is 11.8 Å². The van der Waals surface area contributed by atoms with Crippen LogP contribution in [0, 0.1) is 5.82 Å². The van der Waals surface area contributed by atoms with Gasteiger partial charge in [0.15, 0.2) is 5.82 Å². The van der Waals surface area contributed by atoms with Gasteiger partial charge in [-0.1, -0.05) is 0 Å². The van der Waals surface area contributed by atoms with Crippen molar-refractivity contribution in [3.63, 3.8) is 0 Å². The van der Waals surface area contributed by atoms with Crippen LogP contribution in [-0.2, 0) is 0 Å². The Kier molecular flexibility index (Phi) is 3.60. The summed E-state index contributed by atoms with van der Waals surface area (Å²) in [4.78, 5) is 3.75. The van der Waals surface area contributed by atoms with Gasteiger partial charge in [-0.15, -0.1) is 0 Å². The smallest absolute Gasteiger partial charge is 0.250 e. The third-order valence-electron chi connectivity index (χ3n) is 2.12. The van der Waals surface area contributed by atoms with Crippen LogP contribution in [0.5, 0.6) is 5.88 Å². The molecule has 0 aliphatic heterocycles. The molecule has 2 aromatic heterocycles. The molecule has 0 aromatic carbocycles. The maximum atomic E-state index is 13.9. The van der Waals surface area contributed by atoms with Crippen LogP contribution >= 0.6 is 11.7 Å². The fourth-order valence-corrected chi connectivity index (χ4v) is 1.78. The van der Waals surface area contributed by atoms with Gasteiger partial charge in [-0.3, -0.25) is 0 Å². The fraction of sp³-hybridized carbons (Fsp3) is 0.300. The maximum Gasteiger partial charge on any atom is 0.250 e. The molecule has 0 fully saturated rings. The lowest BCUT2D eigenvalue weighted by Crippen LogP contribution is -2.06. The topological polar surface area (TPSA) is 68.1 Å². The molecule has 1 atom stereocenters. The second kappa shape index (κ2) is 5.15. The van der Waals surface area contributed by atoms with Gasteiger partial charge in [0.2, 0.25) is 0 Å². The number of nitrogens with zero attached hydrogens (tertiary/aromatic N) is 3. The van der Waals surface area contributed by atoms with Crippen LogP contribution in [0.1, 0.15) is 24.3 Å². The first-order chi connectivity index (χ1) is 8.24. The molecule has 0 spiro atoms. The summed E-state index contributed by atoms with van der Waals surface area (Å²) >= 11 is 0.954. The van der Waals surface area contributed by atoms with Crippen molar-refractivity contribution in [1.82, 2.24) is 13.7 Å². The summed E-state index contributed by atoms with van der Waals surface area (Å²) in [6, 6.07) is 1.39. The van der Waals surface area contributed by atoms with Crippen molar-refractivity contribution in [3.8, 4) is 5.88 Å². The average molecular weight is 255 g/mol. The summed E-state index contributed by atoms with van der Waals surface area (Å²) < 4.78 is 26.5. The molecular formula is C10H10FN3O2S. The SMILES string of the molecule is CCOc1nccc(C(O)c2cnsn2)c1F. The molecule has 17 heavy (non-hydrogen) atoms. The molecule has 0 amide bonds. The van der Waals surface area contributed by atoms with E-state index in [-0.39, 0.29) is 11.4 Å². The van der Waals surface area contributed by atoms with Gasteiger partial charge in [0.1, 0.15) is 11.8 Å². The van der Waals surface area contributed by atoms with E-state index in [0.29, 0.717) is 12.3 Å². The van der Waals surface area contributed by atoms with Crippen molar-refractivity contribution >= 4 is 11.7 Å². The van der Waals surface area contributed by atoms with Gasteiger partial charge >= 0.3 is 0 Å². The Morgan fingerprint density at radius 1 is 1.59 bits per heavy atom. The Balaban J connectivity index is 2.35.